The van der Waals surface area contributed by atoms with Gasteiger partial charge < -0.3 is 19.5 Å². The molecule has 1 heterocycles. The monoisotopic (exact) mass is 503 g/mol. The quantitative estimate of drug-likeness (QED) is 0.581. The van der Waals surface area contributed by atoms with Crippen molar-refractivity contribution in [3.05, 3.63) is 75.5 Å². The number of hydrogen-bond donors (Lipinski definition) is 1. The van der Waals surface area contributed by atoms with Gasteiger partial charge in [0.25, 0.3) is 5.72 Å². The molecule has 0 bridgehead atoms. The number of ether oxygens (including phenoxy) is 3. The molecule has 0 saturated heterocycles. The highest BCUT2D eigenvalue weighted by Gasteiger charge is 2.62. The lowest BCUT2D eigenvalue weighted by atomic mass is 9.69. The SMILES string of the molecule is COC(=O)C1C(c2ccc(Cl)cc2)C2=C(CCCC2=O)OC1(Nc1ccc(Cl)cc1)C(=O)OC. The molecule has 2 aliphatic rings. The Hall–Kier alpha value is -3.03. The number of ketones is 1. The summed E-state index contributed by atoms with van der Waals surface area (Å²) in [5.74, 6) is -3.48. The molecule has 7 nitrogen and oxygen atoms in total. The number of allylic oxidation sites excluding steroid dienone is 2. The van der Waals surface area contributed by atoms with Crippen molar-refractivity contribution in [2.45, 2.75) is 30.9 Å². The molecule has 1 aliphatic carbocycles. The summed E-state index contributed by atoms with van der Waals surface area (Å²) in [5, 5.41) is 4.06. The summed E-state index contributed by atoms with van der Waals surface area (Å²) in [6, 6.07) is 13.4. The minimum atomic E-state index is -2.00. The van der Waals surface area contributed by atoms with Crippen LogP contribution in [0.15, 0.2) is 59.9 Å². The number of methoxy groups -OCH3 is 2. The van der Waals surface area contributed by atoms with Crippen LogP contribution in [0.5, 0.6) is 0 Å². The zero-order valence-corrected chi connectivity index (χ0v) is 20.1. The van der Waals surface area contributed by atoms with E-state index in [2.05, 4.69) is 5.32 Å². The topological polar surface area (TPSA) is 90.9 Å². The van der Waals surface area contributed by atoms with E-state index in [1.807, 2.05) is 0 Å². The average molecular weight is 504 g/mol. The summed E-state index contributed by atoms with van der Waals surface area (Å²) in [6.45, 7) is 0. The van der Waals surface area contributed by atoms with Gasteiger partial charge in [0.05, 0.1) is 14.2 Å². The van der Waals surface area contributed by atoms with Gasteiger partial charge in [0.2, 0.25) is 0 Å². The Bertz CT molecular complexity index is 1150. The predicted molar refractivity (Wildman–Crippen MR) is 126 cm³/mol. The van der Waals surface area contributed by atoms with Crippen LogP contribution in [-0.4, -0.2) is 37.7 Å². The smallest absolute Gasteiger partial charge is 0.373 e. The molecule has 0 radical (unpaired) electrons. The Morgan fingerprint density at radius 2 is 1.59 bits per heavy atom. The van der Waals surface area contributed by atoms with Crippen LogP contribution in [0.25, 0.3) is 0 Å². The van der Waals surface area contributed by atoms with Gasteiger partial charge in [-0.1, -0.05) is 35.3 Å². The Balaban J connectivity index is 1.98. The first-order valence-corrected chi connectivity index (χ1v) is 11.5. The first-order chi connectivity index (χ1) is 16.3. The highest BCUT2D eigenvalue weighted by Crippen LogP contribution is 2.51. The van der Waals surface area contributed by atoms with Gasteiger partial charge >= 0.3 is 11.9 Å². The Labute approximate surface area is 207 Å². The van der Waals surface area contributed by atoms with Gasteiger partial charge in [-0.2, -0.15) is 0 Å². The summed E-state index contributed by atoms with van der Waals surface area (Å²) in [5.41, 5.74) is -0.556. The molecule has 3 atom stereocenters. The second-order valence-electron chi connectivity index (χ2n) is 8.10. The van der Waals surface area contributed by atoms with E-state index in [1.54, 1.807) is 48.5 Å². The Morgan fingerprint density at radius 1 is 0.971 bits per heavy atom. The number of hydrogen-bond acceptors (Lipinski definition) is 7. The number of benzene rings is 2. The molecule has 0 fully saturated rings. The minimum absolute atomic E-state index is 0.139. The van der Waals surface area contributed by atoms with Crippen molar-refractivity contribution in [2.75, 3.05) is 19.5 Å². The molecule has 1 aliphatic heterocycles. The zero-order valence-electron chi connectivity index (χ0n) is 18.6. The molecule has 0 saturated carbocycles. The highest BCUT2D eigenvalue weighted by molar-refractivity contribution is 6.30. The number of rotatable bonds is 5. The molecule has 2 aromatic rings. The first-order valence-electron chi connectivity index (χ1n) is 10.7. The van der Waals surface area contributed by atoms with Gasteiger partial charge in [-0.15, -0.1) is 0 Å². The third-order valence-corrected chi connectivity index (χ3v) is 6.63. The molecule has 4 rings (SSSR count). The second kappa shape index (κ2) is 9.68. The van der Waals surface area contributed by atoms with Crippen LogP contribution in [0, 0.1) is 5.92 Å². The highest BCUT2D eigenvalue weighted by atomic mass is 35.5. The third-order valence-electron chi connectivity index (χ3n) is 6.12. The molecule has 178 valence electrons. The molecule has 2 aromatic carbocycles. The van der Waals surface area contributed by atoms with Crippen molar-refractivity contribution in [2.24, 2.45) is 5.92 Å². The number of anilines is 1. The second-order valence-corrected chi connectivity index (χ2v) is 8.98. The van der Waals surface area contributed by atoms with E-state index in [-0.39, 0.29) is 5.78 Å². The number of nitrogens with one attached hydrogen (secondary N) is 1. The molecule has 0 aromatic heterocycles. The Morgan fingerprint density at radius 3 is 2.18 bits per heavy atom. The van der Waals surface area contributed by atoms with E-state index in [9.17, 15) is 14.4 Å². The Kier molecular flexibility index (Phi) is 6.86. The van der Waals surface area contributed by atoms with Gasteiger partial charge in [-0.3, -0.25) is 9.59 Å². The molecule has 34 heavy (non-hydrogen) atoms. The van der Waals surface area contributed by atoms with E-state index >= 15 is 0 Å². The van der Waals surface area contributed by atoms with Crippen molar-refractivity contribution < 1.29 is 28.6 Å². The van der Waals surface area contributed by atoms with Crippen molar-refractivity contribution in [3.8, 4) is 0 Å². The van der Waals surface area contributed by atoms with Gasteiger partial charge in [0.15, 0.2) is 5.78 Å². The molecular formula is C25H23Cl2NO6. The summed E-state index contributed by atoms with van der Waals surface area (Å²) in [4.78, 5) is 39.9. The first kappa shape index (κ1) is 24.1. The van der Waals surface area contributed by atoms with Crippen LogP contribution < -0.4 is 5.32 Å². The minimum Gasteiger partial charge on any atom is -0.469 e. The van der Waals surface area contributed by atoms with Crippen LogP contribution in [0.4, 0.5) is 5.69 Å². The maximum absolute atomic E-state index is 13.4. The van der Waals surface area contributed by atoms with Crippen LogP contribution in [0.2, 0.25) is 10.0 Å². The number of Topliss-reactive ketones (excluding diaryl/α,β-unsaturated/α-hetero) is 1. The molecule has 1 N–H and O–H groups in total. The standard InChI is InChI=1S/C25H23Cl2NO6/c1-32-23(30)22-20(14-6-8-15(26)9-7-14)21-18(29)4-3-5-19(21)34-25(22,24(31)33-2)28-17-12-10-16(27)11-13-17/h6-13,20,22,28H,3-5H2,1-2H3. The number of carbonyl (C=O) groups excluding carboxylic acids is 3. The van der Waals surface area contributed by atoms with Gasteiger partial charge in [-0.25, -0.2) is 4.79 Å². The largest absolute Gasteiger partial charge is 0.469 e. The fourth-order valence-electron chi connectivity index (χ4n) is 4.63. The van der Waals surface area contributed by atoms with E-state index in [0.717, 1.165) is 0 Å². The van der Waals surface area contributed by atoms with E-state index in [4.69, 9.17) is 37.4 Å². The normalized spacial score (nSPS) is 24.1. The molecule has 0 spiro atoms. The number of esters is 2. The molecule has 9 heteroatoms. The maximum Gasteiger partial charge on any atom is 0.373 e. The van der Waals surface area contributed by atoms with Crippen molar-refractivity contribution >= 4 is 46.6 Å². The summed E-state index contributed by atoms with van der Waals surface area (Å²) < 4.78 is 16.5. The van der Waals surface area contributed by atoms with Crippen molar-refractivity contribution in [1.29, 1.82) is 0 Å². The van der Waals surface area contributed by atoms with Gasteiger partial charge in [-0.05, 0) is 48.4 Å². The molecule has 0 amide bonds. The van der Waals surface area contributed by atoms with Gasteiger partial charge in [0.1, 0.15) is 11.7 Å². The third kappa shape index (κ3) is 4.26. The molecular weight excluding hydrogens is 481 g/mol. The lowest BCUT2D eigenvalue weighted by Gasteiger charge is -2.47. The van der Waals surface area contributed by atoms with Crippen LogP contribution in [0.1, 0.15) is 30.7 Å². The summed E-state index contributed by atoms with van der Waals surface area (Å²) >= 11 is 12.1. The fourth-order valence-corrected chi connectivity index (χ4v) is 4.88. The van der Waals surface area contributed by atoms with E-state index in [1.165, 1.54) is 14.2 Å². The maximum atomic E-state index is 13.4. The van der Waals surface area contributed by atoms with Crippen LogP contribution in [-0.2, 0) is 28.6 Å². The van der Waals surface area contributed by atoms with E-state index in [0.29, 0.717) is 51.9 Å². The van der Waals surface area contributed by atoms with Crippen LogP contribution >= 0.6 is 23.2 Å². The average Bonchev–Trinajstić information content (AvgIpc) is 2.84. The summed E-state index contributed by atoms with van der Waals surface area (Å²) in [6.07, 6.45) is 1.31. The van der Waals surface area contributed by atoms with Crippen molar-refractivity contribution in [3.63, 3.8) is 0 Å². The lowest BCUT2D eigenvalue weighted by Crippen LogP contribution is -2.62. The zero-order chi connectivity index (χ0) is 24.5. The number of halogens is 2. The number of carbonyl (C=O) groups is 3. The summed E-state index contributed by atoms with van der Waals surface area (Å²) in [7, 11) is 2.43. The molecule has 3 unspecified atom stereocenters. The predicted octanol–water partition coefficient (Wildman–Crippen LogP) is 4.88. The van der Waals surface area contributed by atoms with Gasteiger partial charge in [0, 0.05) is 40.1 Å². The van der Waals surface area contributed by atoms with Crippen molar-refractivity contribution in [1.82, 2.24) is 0 Å². The lowest BCUT2D eigenvalue weighted by molar-refractivity contribution is -0.182. The van der Waals surface area contributed by atoms with E-state index < -0.39 is 29.5 Å². The van der Waals surface area contributed by atoms with Crippen LogP contribution in [0.3, 0.4) is 0 Å². The fraction of sp³-hybridized carbons (Fsp3) is 0.320.